The molecule has 23 heavy (non-hydrogen) atoms. The van der Waals surface area contributed by atoms with Crippen molar-refractivity contribution in [2.24, 2.45) is 0 Å². The lowest BCUT2D eigenvalue weighted by molar-refractivity contribution is -0.143. The number of hydrogen-bond acceptors (Lipinski definition) is 3. The van der Waals surface area contributed by atoms with Crippen LogP contribution in [0.4, 0.5) is 13.2 Å². The molecule has 1 aromatic carbocycles. The summed E-state index contributed by atoms with van der Waals surface area (Å²) in [5, 5.41) is 14.9. The molecule has 0 aliphatic rings. The van der Waals surface area contributed by atoms with Gasteiger partial charge >= 0.3 is 6.18 Å². The summed E-state index contributed by atoms with van der Waals surface area (Å²) in [5.74, 6) is -0.904. The predicted molar refractivity (Wildman–Crippen MR) is 77.6 cm³/mol. The van der Waals surface area contributed by atoms with E-state index in [9.17, 15) is 18.0 Å². The van der Waals surface area contributed by atoms with Crippen LogP contribution in [0.15, 0.2) is 30.5 Å². The van der Waals surface area contributed by atoms with Gasteiger partial charge in [-0.25, -0.2) is 4.68 Å². The molecule has 0 spiro atoms. The Balaban J connectivity index is 2.44. The standard InChI is InChI=1S/C14H13ClF3N3O2/c15-9-3-1-4-10(7-9)21-12(14(16,17)18)11(8-20-21)13(23)19-5-2-6-22/h1,3-4,7-8,22H,2,5-6H2,(H,19,23). The summed E-state index contributed by atoms with van der Waals surface area (Å²) >= 11 is 5.79. The molecule has 0 aliphatic carbocycles. The molecular formula is C14H13ClF3N3O2. The first kappa shape index (κ1) is 17.3. The van der Waals surface area contributed by atoms with E-state index < -0.39 is 23.3 Å². The Morgan fingerprint density at radius 2 is 2.13 bits per heavy atom. The van der Waals surface area contributed by atoms with Crippen molar-refractivity contribution in [3.05, 3.63) is 46.7 Å². The molecule has 2 aromatic rings. The van der Waals surface area contributed by atoms with Crippen LogP contribution < -0.4 is 5.32 Å². The number of halogens is 4. The topological polar surface area (TPSA) is 67.2 Å². The van der Waals surface area contributed by atoms with Gasteiger partial charge in [0, 0.05) is 18.2 Å². The molecule has 0 atom stereocenters. The number of alkyl halides is 3. The maximum absolute atomic E-state index is 13.4. The molecular weight excluding hydrogens is 335 g/mol. The van der Waals surface area contributed by atoms with Crippen LogP contribution in [-0.2, 0) is 6.18 Å². The molecule has 2 N–H and O–H groups in total. The van der Waals surface area contributed by atoms with Gasteiger partial charge in [0.1, 0.15) is 0 Å². The van der Waals surface area contributed by atoms with Gasteiger partial charge in [0.15, 0.2) is 5.69 Å². The van der Waals surface area contributed by atoms with E-state index in [0.717, 1.165) is 6.20 Å². The number of aliphatic hydroxyl groups excluding tert-OH is 1. The molecule has 1 amide bonds. The molecule has 0 saturated heterocycles. The zero-order valence-electron chi connectivity index (χ0n) is 11.8. The smallest absolute Gasteiger partial charge is 0.396 e. The fraction of sp³-hybridized carbons (Fsp3) is 0.286. The molecule has 0 fully saturated rings. The van der Waals surface area contributed by atoms with E-state index >= 15 is 0 Å². The first-order chi connectivity index (χ1) is 10.8. The number of benzene rings is 1. The molecule has 124 valence electrons. The van der Waals surface area contributed by atoms with Gasteiger partial charge < -0.3 is 10.4 Å². The zero-order valence-corrected chi connectivity index (χ0v) is 12.5. The molecule has 9 heteroatoms. The molecule has 0 saturated carbocycles. The van der Waals surface area contributed by atoms with Crippen molar-refractivity contribution in [1.82, 2.24) is 15.1 Å². The Kier molecular flexibility index (Phi) is 5.27. The van der Waals surface area contributed by atoms with Crippen molar-refractivity contribution in [2.75, 3.05) is 13.2 Å². The van der Waals surface area contributed by atoms with Crippen LogP contribution in [-0.4, -0.2) is 33.9 Å². The summed E-state index contributed by atoms with van der Waals surface area (Å²) in [6, 6.07) is 5.73. The van der Waals surface area contributed by atoms with E-state index in [1.807, 2.05) is 0 Å². The molecule has 0 radical (unpaired) electrons. The number of rotatable bonds is 5. The van der Waals surface area contributed by atoms with Crippen molar-refractivity contribution in [3.63, 3.8) is 0 Å². The SMILES string of the molecule is O=C(NCCCO)c1cnn(-c2cccc(Cl)c2)c1C(F)(F)F. The third-order valence-electron chi connectivity index (χ3n) is 2.96. The Labute approximate surface area is 134 Å². The molecule has 0 bridgehead atoms. The van der Waals surface area contributed by atoms with Gasteiger partial charge in [0.05, 0.1) is 17.4 Å². The second-order valence-corrected chi connectivity index (χ2v) is 5.07. The predicted octanol–water partition coefficient (Wildman–Crippen LogP) is 2.66. The van der Waals surface area contributed by atoms with Gasteiger partial charge in [-0.1, -0.05) is 17.7 Å². The maximum Gasteiger partial charge on any atom is 0.434 e. The minimum atomic E-state index is -4.78. The van der Waals surface area contributed by atoms with Crippen LogP contribution in [0.3, 0.4) is 0 Å². The van der Waals surface area contributed by atoms with E-state index in [1.165, 1.54) is 24.3 Å². The lowest BCUT2D eigenvalue weighted by atomic mass is 10.2. The van der Waals surface area contributed by atoms with Gasteiger partial charge in [0.25, 0.3) is 5.91 Å². The van der Waals surface area contributed by atoms with E-state index in [0.29, 0.717) is 4.68 Å². The highest BCUT2D eigenvalue weighted by Crippen LogP contribution is 2.34. The van der Waals surface area contributed by atoms with Crippen LogP contribution in [0, 0.1) is 0 Å². The summed E-state index contributed by atoms with van der Waals surface area (Å²) in [4.78, 5) is 11.9. The summed E-state index contributed by atoms with van der Waals surface area (Å²) in [6.45, 7) is -0.108. The van der Waals surface area contributed by atoms with Crippen LogP contribution in [0.1, 0.15) is 22.5 Å². The van der Waals surface area contributed by atoms with Crippen molar-refractivity contribution >= 4 is 17.5 Å². The minimum Gasteiger partial charge on any atom is -0.396 e. The summed E-state index contributed by atoms with van der Waals surface area (Å²) in [7, 11) is 0. The Bertz CT molecular complexity index is 701. The van der Waals surface area contributed by atoms with Gasteiger partial charge in [0.2, 0.25) is 0 Å². The van der Waals surface area contributed by atoms with Gasteiger partial charge in [-0.2, -0.15) is 18.3 Å². The van der Waals surface area contributed by atoms with Gasteiger partial charge in [-0.3, -0.25) is 4.79 Å². The Morgan fingerprint density at radius 1 is 1.39 bits per heavy atom. The van der Waals surface area contributed by atoms with E-state index in [2.05, 4.69) is 10.4 Å². The molecule has 0 aliphatic heterocycles. The van der Waals surface area contributed by atoms with Crippen molar-refractivity contribution < 1.29 is 23.1 Å². The highest BCUT2D eigenvalue weighted by atomic mass is 35.5. The number of nitrogens with one attached hydrogen (secondary N) is 1. The molecule has 2 rings (SSSR count). The summed E-state index contributed by atoms with van der Waals surface area (Å²) in [6.07, 6.45) is -3.67. The van der Waals surface area contributed by atoms with Gasteiger partial charge in [-0.15, -0.1) is 0 Å². The highest BCUT2D eigenvalue weighted by Gasteiger charge is 2.40. The fourth-order valence-electron chi connectivity index (χ4n) is 1.97. The van der Waals surface area contributed by atoms with E-state index in [-0.39, 0.29) is 30.3 Å². The largest absolute Gasteiger partial charge is 0.434 e. The lowest BCUT2D eigenvalue weighted by Gasteiger charge is -2.13. The first-order valence-corrected chi connectivity index (χ1v) is 7.02. The Morgan fingerprint density at radius 3 is 2.74 bits per heavy atom. The van der Waals surface area contributed by atoms with E-state index in [1.54, 1.807) is 0 Å². The third kappa shape index (κ3) is 4.02. The molecule has 5 nitrogen and oxygen atoms in total. The van der Waals surface area contributed by atoms with Crippen LogP contribution >= 0.6 is 11.6 Å². The highest BCUT2D eigenvalue weighted by molar-refractivity contribution is 6.30. The number of aliphatic hydroxyl groups is 1. The monoisotopic (exact) mass is 347 g/mol. The molecule has 0 unspecified atom stereocenters. The molecule has 1 heterocycles. The fourth-order valence-corrected chi connectivity index (χ4v) is 2.15. The van der Waals surface area contributed by atoms with Crippen LogP contribution in [0.5, 0.6) is 0 Å². The molecule has 1 aromatic heterocycles. The number of carbonyl (C=O) groups is 1. The minimum absolute atomic E-state index is 0.0645. The number of amides is 1. The Hall–Kier alpha value is -2.06. The quantitative estimate of drug-likeness (QED) is 0.817. The number of hydrogen-bond donors (Lipinski definition) is 2. The van der Waals surface area contributed by atoms with E-state index in [4.69, 9.17) is 16.7 Å². The average Bonchev–Trinajstić information content (AvgIpc) is 2.92. The third-order valence-corrected chi connectivity index (χ3v) is 3.19. The normalized spacial score (nSPS) is 11.5. The second kappa shape index (κ2) is 7.01. The van der Waals surface area contributed by atoms with Crippen molar-refractivity contribution in [3.8, 4) is 5.69 Å². The lowest BCUT2D eigenvalue weighted by Crippen LogP contribution is -2.27. The summed E-state index contributed by atoms with van der Waals surface area (Å²) < 4.78 is 40.7. The van der Waals surface area contributed by atoms with Crippen molar-refractivity contribution in [2.45, 2.75) is 12.6 Å². The van der Waals surface area contributed by atoms with Crippen molar-refractivity contribution in [1.29, 1.82) is 0 Å². The first-order valence-electron chi connectivity index (χ1n) is 6.65. The number of carbonyl (C=O) groups excluding carboxylic acids is 1. The van der Waals surface area contributed by atoms with Crippen LogP contribution in [0.2, 0.25) is 5.02 Å². The number of nitrogens with zero attached hydrogens (tertiary/aromatic N) is 2. The average molecular weight is 348 g/mol. The zero-order chi connectivity index (χ0) is 17.0. The van der Waals surface area contributed by atoms with Gasteiger partial charge in [-0.05, 0) is 24.6 Å². The second-order valence-electron chi connectivity index (χ2n) is 4.63. The van der Waals surface area contributed by atoms with Crippen LogP contribution in [0.25, 0.3) is 5.69 Å². The maximum atomic E-state index is 13.4. The summed E-state index contributed by atoms with van der Waals surface area (Å²) in [5.41, 5.74) is -1.67. The number of aromatic nitrogens is 2.